The van der Waals surface area contributed by atoms with E-state index in [9.17, 15) is 26.3 Å². The van der Waals surface area contributed by atoms with Crippen LogP contribution in [0, 0.1) is 0 Å². The molecule has 0 unspecified atom stereocenters. The number of rotatable bonds is 4. The first-order valence-electron chi connectivity index (χ1n) is 7.42. The van der Waals surface area contributed by atoms with Gasteiger partial charge in [0.05, 0.1) is 5.56 Å². The Hall–Kier alpha value is -2.46. The van der Waals surface area contributed by atoms with Crippen LogP contribution in [0.3, 0.4) is 0 Å². The lowest BCUT2D eigenvalue weighted by Crippen LogP contribution is -2.11. The van der Waals surface area contributed by atoms with Gasteiger partial charge in [0.2, 0.25) is 0 Å². The summed E-state index contributed by atoms with van der Waals surface area (Å²) in [6.07, 6.45) is -7.15. The second-order valence-corrected chi connectivity index (χ2v) is 5.32. The van der Waals surface area contributed by atoms with E-state index < -0.39 is 23.5 Å². The van der Waals surface area contributed by atoms with Crippen molar-refractivity contribution in [3.8, 4) is 0 Å². The monoisotopic (exact) mass is 356 g/mol. The molecule has 0 fully saturated rings. The summed E-state index contributed by atoms with van der Waals surface area (Å²) >= 11 is 0. The molecule has 0 saturated carbocycles. The van der Waals surface area contributed by atoms with Crippen molar-refractivity contribution in [2.24, 2.45) is 0 Å². The lowest BCUT2D eigenvalue weighted by atomic mass is 10.0. The maximum absolute atomic E-state index is 13.1. The van der Waals surface area contributed by atoms with Crippen molar-refractivity contribution in [1.29, 1.82) is 0 Å². The molecule has 0 spiro atoms. The Morgan fingerprint density at radius 2 is 1.44 bits per heavy atom. The van der Waals surface area contributed by atoms with Crippen LogP contribution in [0.15, 0.2) is 66.4 Å². The van der Waals surface area contributed by atoms with E-state index in [1.54, 1.807) is 0 Å². The van der Waals surface area contributed by atoms with E-state index in [-0.39, 0.29) is 5.56 Å². The third-order valence-electron chi connectivity index (χ3n) is 3.45. The number of aryl methyl sites for hydroxylation is 1. The normalized spacial score (nSPS) is 11.8. The van der Waals surface area contributed by atoms with Crippen molar-refractivity contribution in [1.82, 2.24) is 0 Å². The minimum Gasteiger partial charge on any atom is -0.166 e. The maximum Gasteiger partial charge on any atom is 0.424 e. The zero-order valence-corrected chi connectivity index (χ0v) is 13.0. The molecule has 0 amide bonds. The van der Waals surface area contributed by atoms with Crippen LogP contribution in [0.4, 0.5) is 26.3 Å². The predicted molar refractivity (Wildman–Crippen MR) is 83.8 cm³/mol. The van der Waals surface area contributed by atoms with E-state index in [0.29, 0.717) is 25.0 Å². The molecule has 132 valence electrons. The molecule has 0 radical (unpaired) electrons. The zero-order valence-electron chi connectivity index (χ0n) is 13.0. The Morgan fingerprint density at radius 1 is 0.840 bits per heavy atom. The topological polar surface area (TPSA) is 0 Å². The average Bonchev–Trinajstić information content (AvgIpc) is 2.54. The molecule has 0 saturated heterocycles. The Kier molecular flexibility index (Phi) is 5.75. The Bertz CT molecular complexity index is 745. The molecule has 0 N–H and O–H groups in total. The van der Waals surface area contributed by atoms with E-state index in [1.165, 1.54) is 6.08 Å². The molecule has 0 atom stereocenters. The number of hydrogen-bond acceptors (Lipinski definition) is 0. The number of hydrogen-bond donors (Lipinski definition) is 0. The second-order valence-electron chi connectivity index (χ2n) is 5.32. The van der Waals surface area contributed by atoms with Crippen LogP contribution in [0.2, 0.25) is 0 Å². The van der Waals surface area contributed by atoms with Gasteiger partial charge in [-0.25, -0.2) is 0 Å². The fourth-order valence-corrected chi connectivity index (χ4v) is 2.21. The molecule has 0 aliphatic rings. The number of alkyl halides is 6. The van der Waals surface area contributed by atoms with Gasteiger partial charge in [-0.1, -0.05) is 42.5 Å². The molecule has 2 aromatic rings. The van der Waals surface area contributed by atoms with Gasteiger partial charge in [0, 0.05) is 0 Å². The zero-order chi connectivity index (χ0) is 18.5. The second kappa shape index (κ2) is 7.62. The molecule has 0 nitrogen and oxygen atoms in total. The molecule has 25 heavy (non-hydrogen) atoms. The van der Waals surface area contributed by atoms with E-state index >= 15 is 0 Å². The van der Waals surface area contributed by atoms with Crippen molar-refractivity contribution in [2.75, 3.05) is 0 Å². The molecular weight excluding hydrogens is 342 g/mol. The van der Waals surface area contributed by atoms with Gasteiger partial charge in [0.15, 0.2) is 0 Å². The molecule has 0 aromatic heterocycles. The van der Waals surface area contributed by atoms with E-state index in [4.69, 9.17) is 0 Å². The van der Waals surface area contributed by atoms with Crippen LogP contribution in [-0.4, -0.2) is 6.18 Å². The van der Waals surface area contributed by atoms with Gasteiger partial charge >= 0.3 is 12.4 Å². The Labute approximate surface area is 141 Å². The quantitative estimate of drug-likeness (QED) is 0.437. The van der Waals surface area contributed by atoms with E-state index in [0.717, 1.165) is 17.7 Å². The fourth-order valence-electron chi connectivity index (χ4n) is 2.21. The van der Waals surface area contributed by atoms with Gasteiger partial charge in [0.1, 0.15) is 5.57 Å². The summed E-state index contributed by atoms with van der Waals surface area (Å²) in [5.74, 6) is 0. The summed E-state index contributed by atoms with van der Waals surface area (Å²) in [5.41, 5.74) is 0.732. The van der Waals surface area contributed by atoms with Gasteiger partial charge in [-0.3, -0.25) is 0 Å². The molecule has 6 heteroatoms. The minimum absolute atomic E-state index is 0.338. The summed E-state index contributed by atoms with van der Waals surface area (Å²) in [5, 5.41) is 0. The van der Waals surface area contributed by atoms with Crippen molar-refractivity contribution >= 4 is 5.57 Å². The van der Waals surface area contributed by atoms with E-state index in [2.05, 4.69) is 5.73 Å². The highest BCUT2D eigenvalue weighted by Gasteiger charge is 2.36. The van der Waals surface area contributed by atoms with E-state index in [1.807, 2.05) is 30.3 Å². The van der Waals surface area contributed by atoms with Gasteiger partial charge in [0.25, 0.3) is 0 Å². The van der Waals surface area contributed by atoms with Crippen molar-refractivity contribution in [3.05, 3.63) is 83.1 Å². The standard InChI is InChI=1S/C19H14F6/c20-18(21,22)16-12-10-15(11-13-16)17(19(23,24)25)9-5-4-8-14-6-2-1-3-7-14/h1-3,5-7,10-13H,4,8H2. The van der Waals surface area contributed by atoms with Crippen molar-refractivity contribution in [2.45, 2.75) is 25.2 Å². The smallest absolute Gasteiger partial charge is 0.166 e. The fraction of sp³-hybridized carbons (Fsp3) is 0.211. The van der Waals surface area contributed by atoms with Crippen LogP contribution in [-0.2, 0) is 12.6 Å². The van der Waals surface area contributed by atoms with Crippen LogP contribution >= 0.6 is 0 Å². The number of benzene rings is 2. The molecule has 2 aromatic carbocycles. The third-order valence-corrected chi connectivity index (χ3v) is 3.45. The highest BCUT2D eigenvalue weighted by Crippen LogP contribution is 2.35. The lowest BCUT2D eigenvalue weighted by molar-refractivity contribution is -0.137. The highest BCUT2D eigenvalue weighted by atomic mass is 19.4. The molecule has 0 aliphatic heterocycles. The van der Waals surface area contributed by atoms with Crippen molar-refractivity contribution < 1.29 is 26.3 Å². The SMILES string of the molecule is FC(F)(F)C(=C=CCCc1ccccc1)c1ccc(C(F)(F)F)cc1. The first-order chi connectivity index (χ1) is 11.7. The van der Waals surface area contributed by atoms with Crippen LogP contribution < -0.4 is 0 Å². The Morgan fingerprint density at radius 3 is 1.96 bits per heavy atom. The largest absolute Gasteiger partial charge is 0.424 e. The van der Waals surface area contributed by atoms with Crippen LogP contribution in [0.1, 0.15) is 23.1 Å². The first kappa shape index (κ1) is 18.9. The molecule has 0 aliphatic carbocycles. The summed E-state index contributed by atoms with van der Waals surface area (Å²) in [6, 6.07) is 12.1. The summed E-state index contributed by atoms with van der Waals surface area (Å²) in [7, 11) is 0. The average molecular weight is 356 g/mol. The Balaban J connectivity index is 2.22. The number of allylic oxidation sites excluding steroid dienone is 1. The lowest BCUT2D eigenvalue weighted by Gasteiger charge is -2.11. The van der Waals surface area contributed by atoms with Gasteiger partial charge < -0.3 is 0 Å². The van der Waals surface area contributed by atoms with Crippen LogP contribution in [0.25, 0.3) is 5.57 Å². The summed E-state index contributed by atoms with van der Waals surface area (Å²) in [4.78, 5) is 0. The third kappa shape index (κ3) is 5.54. The van der Waals surface area contributed by atoms with Crippen molar-refractivity contribution in [3.63, 3.8) is 0 Å². The molecule has 0 bridgehead atoms. The van der Waals surface area contributed by atoms with Gasteiger partial charge in [-0.05, 0) is 42.2 Å². The highest BCUT2D eigenvalue weighted by molar-refractivity contribution is 5.69. The minimum atomic E-state index is -4.71. The molecule has 2 rings (SSSR count). The first-order valence-corrected chi connectivity index (χ1v) is 7.42. The predicted octanol–water partition coefficient (Wildman–Crippen LogP) is 6.44. The summed E-state index contributed by atoms with van der Waals surface area (Å²) < 4.78 is 77.0. The van der Waals surface area contributed by atoms with Crippen LogP contribution in [0.5, 0.6) is 0 Å². The summed E-state index contributed by atoms with van der Waals surface area (Å²) in [6.45, 7) is 0. The molecular formula is C19H14F6. The maximum atomic E-state index is 13.1. The van der Waals surface area contributed by atoms with Gasteiger partial charge in [-0.2, -0.15) is 26.3 Å². The van der Waals surface area contributed by atoms with Gasteiger partial charge in [-0.15, -0.1) is 5.73 Å². The number of halogens is 6. The molecule has 0 heterocycles.